The molecule has 2 amide bonds. The Bertz CT molecular complexity index is 1060. The molecule has 3 aromatic rings. The third-order valence-electron chi connectivity index (χ3n) is 4.25. The molecule has 3 aromatic heterocycles. The van der Waals surface area contributed by atoms with Crippen LogP contribution in [0.4, 0.5) is 5.95 Å². The van der Waals surface area contributed by atoms with E-state index in [-0.39, 0.29) is 18.2 Å². The van der Waals surface area contributed by atoms with Gasteiger partial charge < -0.3 is 5.32 Å². The van der Waals surface area contributed by atoms with Crippen molar-refractivity contribution >= 4 is 29.5 Å². The number of anilines is 1. The van der Waals surface area contributed by atoms with Gasteiger partial charge in [0.15, 0.2) is 5.65 Å². The maximum atomic E-state index is 11.8. The number of amides is 2. The van der Waals surface area contributed by atoms with E-state index in [1.54, 1.807) is 40.1 Å². The van der Waals surface area contributed by atoms with Gasteiger partial charge in [-0.2, -0.15) is 19.6 Å². The Labute approximate surface area is 147 Å². The van der Waals surface area contributed by atoms with Gasteiger partial charge in [0.25, 0.3) is 5.91 Å². The number of imidazole rings is 1. The van der Waals surface area contributed by atoms with Crippen LogP contribution in [0.25, 0.3) is 17.7 Å². The first-order chi connectivity index (χ1) is 12.7. The molecule has 130 valence electrons. The highest BCUT2D eigenvalue weighted by molar-refractivity contribution is 6.15. The molecule has 2 N–H and O–H groups in total. The predicted octanol–water partition coefficient (Wildman–Crippen LogP) is 0.314. The molecule has 0 bridgehead atoms. The van der Waals surface area contributed by atoms with Crippen molar-refractivity contribution in [1.82, 2.24) is 34.4 Å². The molecule has 0 spiro atoms. The van der Waals surface area contributed by atoms with E-state index in [1.165, 1.54) is 0 Å². The van der Waals surface area contributed by atoms with Crippen LogP contribution < -0.4 is 10.6 Å². The molecule has 0 unspecified atom stereocenters. The van der Waals surface area contributed by atoms with Gasteiger partial charge in [-0.05, 0) is 18.9 Å². The Balaban J connectivity index is 1.65. The summed E-state index contributed by atoms with van der Waals surface area (Å²) in [6.45, 7) is 0. The second-order valence-electron chi connectivity index (χ2n) is 6.29. The fourth-order valence-electron chi connectivity index (χ4n) is 2.79. The molecular weight excluding hydrogens is 336 g/mol. The van der Waals surface area contributed by atoms with Crippen molar-refractivity contribution < 1.29 is 9.59 Å². The van der Waals surface area contributed by atoms with E-state index in [0.29, 0.717) is 34.7 Å². The summed E-state index contributed by atoms with van der Waals surface area (Å²) in [6.07, 6.45) is 10.5. The van der Waals surface area contributed by atoms with Crippen LogP contribution in [0.5, 0.6) is 0 Å². The molecule has 1 saturated carbocycles. The van der Waals surface area contributed by atoms with Crippen LogP contribution in [0, 0.1) is 0 Å². The molecular formula is C16H14N8O2. The van der Waals surface area contributed by atoms with Crippen molar-refractivity contribution in [3.63, 3.8) is 0 Å². The highest BCUT2D eigenvalue weighted by atomic mass is 16.2. The minimum atomic E-state index is -0.380. The minimum absolute atomic E-state index is 0.0583. The van der Waals surface area contributed by atoms with E-state index >= 15 is 0 Å². The second-order valence-corrected chi connectivity index (χ2v) is 6.29. The minimum Gasteiger partial charge on any atom is -0.351 e. The monoisotopic (exact) mass is 350 g/mol. The van der Waals surface area contributed by atoms with Crippen LogP contribution >= 0.6 is 0 Å². The van der Waals surface area contributed by atoms with Gasteiger partial charge in [-0.25, -0.2) is 4.98 Å². The number of hydrogen-bond donors (Lipinski definition) is 2. The van der Waals surface area contributed by atoms with Crippen LogP contribution in [0.15, 0.2) is 30.5 Å². The summed E-state index contributed by atoms with van der Waals surface area (Å²) in [7, 11) is 0. The standard InChI is InChI=1S/C16H14N8O2/c25-12-6-9(14(26)20-12)5-10-7-18-24-13(10)21-15(23-4-3-17-8-23)22-16(24)19-11-1-2-11/h3-5,7-8,11H,1-2,6H2,(H,19,21,22)(H,20,25,26). The summed E-state index contributed by atoms with van der Waals surface area (Å²) in [6, 6.07) is 0.382. The summed E-state index contributed by atoms with van der Waals surface area (Å²) in [5, 5.41) is 9.97. The fraction of sp³-hybridized carbons (Fsp3) is 0.250. The molecule has 5 rings (SSSR count). The molecule has 26 heavy (non-hydrogen) atoms. The first-order valence-corrected chi connectivity index (χ1v) is 8.23. The van der Waals surface area contributed by atoms with E-state index in [9.17, 15) is 9.59 Å². The van der Waals surface area contributed by atoms with E-state index < -0.39 is 0 Å². The largest absolute Gasteiger partial charge is 0.351 e. The van der Waals surface area contributed by atoms with Gasteiger partial charge in [0.1, 0.15) is 6.33 Å². The average Bonchev–Trinajstić information content (AvgIpc) is 3.01. The number of imide groups is 1. The van der Waals surface area contributed by atoms with Gasteiger partial charge in [-0.15, -0.1) is 0 Å². The van der Waals surface area contributed by atoms with E-state index in [4.69, 9.17) is 0 Å². The maximum Gasteiger partial charge on any atom is 0.254 e. The summed E-state index contributed by atoms with van der Waals surface area (Å²) >= 11 is 0. The number of fused-ring (bicyclic) bond motifs is 1. The Morgan fingerprint density at radius 3 is 2.85 bits per heavy atom. The zero-order valence-corrected chi connectivity index (χ0v) is 13.6. The number of nitrogens with one attached hydrogen (secondary N) is 2. The van der Waals surface area contributed by atoms with Crippen LogP contribution in [-0.4, -0.2) is 47.0 Å². The molecule has 0 aromatic carbocycles. The van der Waals surface area contributed by atoms with Gasteiger partial charge in [0.05, 0.1) is 12.6 Å². The molecule has 0 atom stereocenters. The summed E-state index contributed by atoms with van der Waals surface area (Å²) in [5.74, 6) is 0.347. The highest BCUT2D eigenvalue weighted by Gasteiger charge is 2.26. The topological polar surface area (TPSA) is 119 Å². The maximum absolute atomic E-state index is 11.8. The molecule has 1 aliphatic heterocycles. The molecule has 4 heterocycles. The van der Waals surface area contributed by atoms with Gasteiger partial charge in [0, 0.05) is 29.6 Å². The molecule has 10 nitrogen and oxygen atoms in total. The van der Waals surface area contributed by atoms with Crippen LogP contribution in [0.1, 0.15) is 24.8 Å². The third kappa shape index (κ3) is 2.51. The lowest BCUT2D eigenvalue weighted by molar-refractivity contribution is -0.124. The molecule has 2 fully saturated rings. The van der Waals surface area contributed by atoms with Gasteiger partial charge in [-0.1, -0.05) is 0 Å². The zero-order valence-electron chi connectivity index (χ0n) is 13.6. The lowest BCUT2D eigenvalue weighted by Crippen LogP contribution is -2.19. The quantitative estimate of drug-likeness (QED) is 0.513. The van der Waals surface area contributed by atoms with E-state index in [0.717, 1.165) is 12.8 Å². The summed E-state index contributed by atoms with van der Waals surface area (Å²) in [5.41, 5.74) is 1.59. The summed E-state index contributed by atoms with van der Waals surface area (Å²) in [4.78, 5) is 36.4. The van der Waals surface area contributed by atoms with E-state index in [1.807, 2.05) is 0 Å². The number of rotatable bonds is 4. The smallest absolute Gasteiger partial charge is 0.254 e. The molecule has 10 heteroatoms. The number of nitrogens with zero attached hydrogens (tertiary/aromatic N) is 6. The Morgan fingerprint density at radius 2 is 2.15 bits per heavy atom. The normalized spacial score (nSPS) is 18.7. The van der Waals surface area contributed by atoms with Crippen molar-refractivity contribution in [3.05, 3.63) is 36.1 Å². The molecule has 0 radical (unpaired) electrons. The average molecular weight is 350 g/mol. The molecule has 2 aliphatic rings. The number of carbonyl (C=O) groups is 2. The van der Waals surface area contributed by atoms with Gasteiger partial charge in [-0.3, -0.25) is 19.5 Å². The number of hydrogen-bond acceptors (Lipinski definition) is 7. The van der Waals surface area contributed by atoms with Crippen molar-refractivity contribution in [1.29, 1.82) is 0 Å². The van der Waals surface area contributed by atoms with Crippen molar-refractivity contribution in [2.75, 3.05) is 5.32 Å². The van der Waals surface area contributed by atoms with E-state index in [2.05, 4.69) is 30.7 Å². The van der Waals surface area contributed by atoms with Crippen molar-refractivity contribution in [3.8, 4) is 5.95 Å². The van der Waals surface area contributed by atoms with Crippen LogP contribution in [-0.2, 0) is 9.59 Å². The Hall–Kier alpha value is -3.56. The lowest BCUT2D eigenvalue weighted by Gasteiger charge is -2.08. The van der Waals surface area contributed by atoms with Crippen molar-refractivity contribution in [2.24, 2.45) is 0 Å². The second kappa shape index (κ2) is 5.48. The molecule has 1 aliphatic carbocycles. The molecule has 1 saturated heterocycles. The van der Waals surface area contributed by atoms with Crippen LogP contribution in [0.3, 0.4) is 0 Å². The SMILES string of the molecule is O=C1CC(=Cc2cnn3c(NC4CC4)nc(-n4ccnc4)nc23)C(=O)N1. The predicted molar refractivity (Wildman–Crippen MR) is 90.3 cm³/mol. The van der Waals surface area contributed by atoms with Gasteiger partial charge in [0.2, 0.25) is 17.8 Å². The van der Waals surface area contributed by atoms with Gasteiger partial charge >= 0.3 is 0 Å². The number of aromatic nitrogens is 6. The van der Waals surface area contributed by atoms with Crippen LogP contribution in [0.2, 0.25) is 0 Å². The first-order valence-electron chi connectivity index (χ1n) is 8.23. The number of carbonyl (C=O) groups excluding carboxylic acids is 2. The third-order valence-corrected chi connectivity index (χ3v) is 4.25. The Kier molecular flexibility index (Phi) is 3.11. The lowest BCUT2D eigenvalue weighted by atomic mass is 10.1. The fourth-order valence-corrected chi connectivity index (χ4v) is 2.79. The first kappa shape index (κ1) is 14.8. The Morgan fingerprint density at radius 1 is 1.27 bits per heavy atom. The highest BCUT2D eigenvalue weighted by Crippen LogP contribution is 2.26. The zero-order chi connectivity index (χ0) is 17.7. The summed E-state index contributed by atoms with van der Waals surface area (Å²) < 4.78 is 3.31. The van der Waals surface area contributed by atoms with Crippen molar-refractivity contribution in [2.45, 2.75) is 25.3 Å².